The number of benzene rings is 2. The molecule has 0 radical (unpaired) electrons. The second-order valence-electron chi connectivity index (χ2n) is 6.61. The molecule has 0 aliphatic rings. The van der Waals surface area contributed by atoms with Crippen molar-refractivity contribution in [3.05, 3.63) is 59.1 Å². The molecule has 0 saturated heterocycles. The Hall–Kier alpha value is -2.94. The lowest BCUT2D eigenvalue weighted by atomic mass is 9.98. The van der Waals surface area contributed by atoms with E-state index in [1.54, 1.807) is 6.07 Å². The van der Waals surface area contributed by atoms with Gasteiger partial charge in [0, 0.05) is 24.6 Å². The van der Waals surface area contributed by atoms with Gasteiger partial charge in [0.25, 0.3) is 0 Å². The first-order chi connectivity index (χ1) is 14.3. The van der Waals surface area contributed by atoms with E-state index in [4.69, 9.17) is 16.7 Å². The number of carbonyl (C=O) groups is 3. The lowest BCUT2D eigenvalue weighted by Gasteiger charge is -2.20. The molecule has 4 N–H and O–H groups in total. The number of amides is 2. The van der Waals surface area contributed by atoms with E-state index in [-0.39, 0.29) is 19.6 Å². The Morgan fingerprint density at radius 1 is 1.07 bits per heavy atom. The predicted octanol–water partition coefficient (Wildman–Crippen LogP) is 1.59. The Morgan fingerprint density at radius 2 is 1.77 bits per heavy atom. The number of aliphatic hydroxyl groups is 1. The summed E-state index contributed by atoms with van der Waals surface area (Å²) in [5, 5.41) is 24.0. The first-order valence-electron chi connectivity index (χ1n) is 9.13. The molecule has 0 aliphatic carbocycles. The molecular weight excluding hydrogens is 412 g/mol. The largest absolute Gasteiger partial charge is 0.479 e. The fraction of sp³-hybridized carbons (Fsp3) is 0.286. The zero-order valence-electron chi connectivity index (χ0n) is 16.3. The molecule has 0 spiro atoms. The van der Waals surface area contributed by atoms with Crippen molar-refractivity contribution >= 4 is 29.4 Å². The van der Waals surface area contributed by atoms with Gasteiger partial charge in [0.15, 0.2) is 6.10 Å². The van der Waals surface area contributed by atoms with Gasteiger partial charge in [-0.3, -0.25) is 9.59 Å². The first-order valence-corrected chi connectivity index (χ1v) is 9.51. The van der Waals surface area contributed by atoms with Crippen molar-refractivity contribution in [2.45, 2.75) is 25.0 Å². The highest BCUT2D eigenvalue weighted by Gasteiger charge is 2.24. The molecule has 0 fully saturated rings. The van der Waals surface area contributed by atoms with E-state index in [9.17, 15) is 19.5 Å². The maximum atomic E-state index is 12.1. The average molecular weight is 435 g/mol. The van der Waals surface area contributed by atoms with Crippen LogP contribution >= 0.6 is 11.6 Å². The summed E-state index contributed by atoms with van der Waals surface area (Å²) in [5.41, 5.74) is 2.67. The van der Waals surface area contributed by atoms with Crippen LogP contribution in [0.15, 0.2) is 48.5 Å². The van der Waals surface area contributed by atoms with E-state index in [1.165, 1.54) is 7.11 Å². The Labute approximate surface area is 178 Å². The summed E-state index contributed by atoms with van der Waals surface area (Å²) in [5.74, 6) is -3.26. The minimum atomic E-state index is -1.68. The lowest BCUT2D eigenvalue weighted by Crippen LogP contribution is -2.47. The SMILES string of the molecule is COCNC(=O)C(=O)N[C@H](Cc1ccc(-c2cccc(Cl)c2)cc1)C[C@@H](O)C(=O)O. The van der Waals surface area contributed by atoms with Crippen molar-refractivity contribution in [2.75, 3.05) is 13.8 Å². The van der Waals surface area contributed by atoms with Gasteiger partial charge < -0.3 is 25.6 Å². The minimum Gasteiger partial charge on any atom is -0.479 e. The lowest BCUT2D eigenvalue weighted by molar-refractivity contribution is -0.147. The predicted molar refractivity (Wildman–Crippen MR) is 111 cm³/mol. The fourth-order valence-corrected chi connectivity index (χ4v) is 3.01. The quantitative estimate of drug-likeness (QED) is 0.351. The van der Waals surface area contributed by atoms with Crippen molar-refractivity contribution in [3.63, 3.8) is 0 Å². The maximum Gasteiger partial charge on any atom is 0.332 e. The van der Waals surface area contributed by atoms with Gasteiger partial charge in [-0.25, -0.2) is 4.79 Å². The Kier molecular flexibility index (Phi) is 8.79. The Bertz CT molecular complexity index is 887. The Balaban J connectivity index is 2.11. The molecule has 2 aromatic carbocycles. The van der Waals surface area contributed by atoms with Crippen molar-refractivity contribution in [1.29, 1.82) is 0 Å². The third-order valence-corrected chi connectivity index (χ3v) is 4.54. The normalized spacial score (nSPS) is 12.6. The van der Waals surface area contributed by atoms with Crippen LogP contribution in [0.2, 0.25) is 5.02 Å². The van der Waals surface area contributed by atoms with Gasteiger partial charge in [-0.2, -0.15) is 0 Å². The molecule has 8 nitrogen and oxygen atoms in total. The molecule has 2 atom stereocenters. The van der Waals surface area contributed by atoms with Gasteiger partial charge in [-0.1, -0.05) is 48.0 Å². The summed E-state index contributed by atoms with van der Waals surface area (Å²) in [6.45, 7) is -0.139. The number of hydrogen-bond acceptors (Lipinski definition) is 5. The van der Waals surface area contributed by atoms with Crippen LogP contribution in [0.4, 0.5) is 0 Å². The number of ether oxygens (including phenoxy) is 1. The Morgan fingerprint density at radius 3 is 2.37 bits per heavy atom. The van der Waals surface area contributed by atoms with Crippen LogP contribution in [0.25, 0.3) is 11.1 Å². The van der Waals surface area contributed by atoms with Gasteiger partial charge in [-0.05, 0) is 35.2 Å². The van der Waals surface area contributed by atoms with Crippen LogP contribution in [-0.4, -0.2) is 54.0 Å². The summed E-state index contributed by atoms with van der Waals surface area (Å²) < 4.78 is 4.68. The molecule has 2 amide bonds. The number of hydrogen-bond donors (Lipinski definition) is 4. The van der Waals surface area contributed by atoms with Gasteiger partial charge in [0.05, 0.1) is 0 Å². The summed E-state index contributed by atoms with van der Waals surface area (Å²) in [6.07, 6.45) is -1.71. The van der Waals surface area contributed by atoms with Gasteiger partial charge in [0.1, 0.15) is 6.73 Å². The standard InChI is InChI=1S/C21H23ClN2O6/c1-30-12-23-19(26)20(27)24-17(11-18(25)21(28)29)9-13-5-7-14(8-6-13)15-3-2-4-16(22)10-15/h2-8,10,17-18,25H,9,11-12H2,1H3,(H,23,26)(H,24,27)(H,28,29)/t17-,18-/m1/s1. The maximum absolute atomic E-state index is 12.1. The number of nitrogens with one attached hydrogen (secondary N) is 2. The van der Waals surface area contributed by atoms with Gasteiger partial charge >= 0.3 is 17.8 Å². The third-order valence-electron chi connectivity index (χ3n) is 4.31. The van der Waals surface area contributed by atoms with E-state index in [2.05, 4.69) is 15.4 Å². The number of carbonyl (C=O) groups excluding carboxylic acids is 2. The number of methoxy groups -OCH3 is 1. The van der Waals surface area contributed by atoms with Crippen LogP contribution < -0.4 is 10.6 Å². The molecule has 0 saturated carbocycles. The van der Waals surface area contributed by atoms with E-state index < -0.39 is 29.9 Å². The molecule has 0 bridgehead atoms. The highest BCUT2D eigenvalue weighted by molar-refractivity contribution is 6.35. The van der Waals surface area contributed by atoms with Crippen LogP contribution in [0, 0.1) is 0 Å². The molecule has 0 unspecified atom stereocenters. The highest BCUT2D eigenvalue weighted by atomic mass is 35.5. The summed E-state index contributed by atoms with van der Waals surface area (Å²) in [7, 11) is 1.36. The summed E-state index contributed by atoms with van der Waals surface area (Å²) in [4.78, 5) is 34.8. The zero-order chi connectivity index (χ0) is 22.1. The number of aliphatic hydroxyl groups excluding tert-OH is 1. The van der Waals surface area contributed by atoms with Crippen molar-refractivity contribution in [2.24, 2.45) is 0 Å². The summed E-state index contributed by atoms with van der Waals surface area (Å²) in [6, 6.07) is 14.0. The number of carboxylic acid groups (broad SMARTS) is 1. The third kappa shape index (κ3) is 7.14. The van der Waals surface area contributed by atoms with Gasteiger partial charge in [-0.15, -0.1) is 0 Å². The van der Waals surface area contributed by atoms with Crippen LogP contribution in [0.5, 0.6) is 0 Å². The molecular formula is C21H23ClN2O6. The fourth-order valence-electron chi connectivity index (χ4n) is 2.82. The number of carboxylic acids is 1. The molecule has 30 heavy (non-hydrogen) atoms. The zero-order valence-corrected chi connectivity index (χ0v) is 17.1. The molecule has 0 heterocycles. The van der Waals surface area contributed by atoms with Crippen LogP contribution in [0.3, 0.4) is 0 Å². The molecule has 9 heteroatoms. The second-order valence-corrected chi connectivity index (χ2v) is 7.05. The monoisotopic (exact) mass is 434 g/mol. The molecule has 0 aromatic heterocycles. The van der Waals surface area contributed by atoms with Crippen LogP contribution in [-0.2, 0) is 25.5 Å². The number of aliphatic carboxylic acids is 1. The van der Waals surface area contributed by atoms with E-state index in [0.29, 0.717) is 5.02 Å². The van der Waals surface area contributed by atoms with E-state index >= 15 is 0 Å². The highest BCUT2D eigenvalue weighted by Crippen LogP contribution is 2.23. The first kappa shape index (κ1) is 23.3. The van der Waals surface area contributed by atoms with E-state index in [0.717, 1.165) is 16.7 Å². The topological polar surface area (TPSA) is 125 Å². The molecule has 160 valence electrons. The average Bonchev–Trinajstić information content (AvgIpc) is 2.72. The van der Waals surface area contributed by atoms with Crippen LogP contribution in [0.1, 0.15) is 12.0 Å². The smallest absolute Gasteiger partial charge is 0.332 e. The van der Waals surface area contributed by atoms with Crippen molar-refractivity contribution in [3.8, 4) is 11.1 Å². The van der Waals surface area contributed by atoms with Crippen molar-refractivity contribution < 1.29 is 29.3 Å². The number of rotatable bonds is 9. The molecule has 2 aromatic rings. The number of halogens is 1. The molecule has 2 rings (SSSR count). The second kappa shape index (κ2) is 11.3. The van der Waals surface area contributed by atoms with Crippen molar-refractivity contribution in [1.82, 2.24) is 10.6 Å². The van der Waals surface area contributed by atoms with Gasteiger partial charge in [0.2, 0.25) is 0 Å². The molecule has 0 aliphatic heterocycles. The van der Waals surface area contributed by atoms with E-state index in [1.807, 2.05) is 42.5 Å². The summed E-state index contributed by atoms with van der Waals surface area (Å²) >= 11 is 6.02. The minimum absolute atomic E-state index is 0.139.